The Morgan fingerprint density at radius 3 is 2.24 bits per heavy atom. The standard InChI is InChI=1S/C24H29N3O2/c1-23(2,3)18-12-15(13-19(21(18)28)24(4,5)6)14-26-27-22(29)17-9-7-8-16-10-11-25-20(16)17/h7-14,25,28H,1-6H3,(H,27,29)/b26-14+. The fourth-order valence-corrected chi connectivity index (χ4v) is 3.37. The van der Waals surface area contributed by atoms with Crippen molar-refractivity contribution in [2.45, 2.75) is 52.4 Å². The summed E-state index contributed by atoms with van der Waals surface area (Å²) in [5, 5.41) is 16.0. The van der Waals surface area contributed by atoms with Gasteiger partial charge in [-0.15, -0.1) is 0 Å². The molecule has 0 saturated carbocycles. The van der Waals surface area contributed by atoms with Crippen LogP contribution < -0.4 is 5.43 Å². The fraction of sp³-hybridized carbons (Fsp3) is 0.333. The number of H-pyrrole nitrogens is 1. The third kappa shape index (κ3) is 4.34. The maximum Gasteiger partial charge on any atom is 0.273 e. The molecular weight excluding hydrogens is 362 g/mol. The number of rotatable bonds is 3. The maximum atomic E-state index is 12.6. The number of benzene rings is 2. The molecule has 29 heavy (non-hydrogen) atoms. The Balaban J connectivity index is 1.90. The summed E-state index contributed by atoms with van der Waals surface area (Å²) in [6, 6.07) is 11.3. The van der Waals surface area contributed by atoms with E-state index >= 15 is 0 Å². The lowest BCUT2D eigenvalue weighted by Crippen LogP contribution is -2.19. The molecule has 3 rings (SSSR count). The molecule has 3 aromatic rings. The van der Waals surface area contributed by atoms with Crippen LogP contribution in [-0.2, 0) is 10.8 Å². The highest BCUT2D eigenvalue weighted by atomic mass is 16.3. The van der Waals surface area contributed by atoms with Gasteiger partial charge in [-0.2, -0.15) is 5.10 Å². The Kier molecular flexibility index (Phi) is 5.26. The average Bonchev–Trinajstić information content (AvgIpc) is 3.09. The van der Waals surface area contributed by atoms with Gasteiger partial charge in [0.05, 0.1) is 17.3 Å². The molecule has 0 unspecified atom stereocenters. The van der Waals surface area contributed by atoms with Crippen molar-refractivity contribution in [1.82, 2.24) is 10.4 Å². The summed E-state index contributed by atoms with van der Waals surface area (Å²) in [7, 11) is 0. The van der Waals surface area contributed by atoms with Crippen LogP contribution in [0.1, 0.15) is 68.6 Å². The summed E-state index contributed by atoms with van der Waals surface area (Å²) in [4.78, 5) is 15.7. The number of phenols is 1. The highest BCUT2D eigenvalue weighted by Gasteiger charge is 2.26. The molecule has 0 saturated heterocycles. The number of carbonyl (C=O) groups excluding carboxylic acids is 1. The van der Waals surface area contributed by atoms with E-state index in [1.807, 2.05) is 36.5 Å². The van der Waals surface area contributed by atoms with Crippen molar-refractivity contribution >= 4 is 23.0 Å². The second-order valence-electron chi connectivity index (χ2n) is 9.41. The summed E-state index contributed by atoms with van der Waals surface area (Å²) in [5.41, 5.74) is 6.03. The van der Waals surface area contributed by atoms with Crippen molar-refractivity contribution in [3.63, 3.8) is 0 Å². The molecule has 0 aliphatic carbocycles. The van der Waals surface area contributed by atoms with E-state index in [4.69, 9.17) is 0 Å². The Labute approximate surface area is 171 Å². The lowest BCUT2D eigenvalue weighted by Gasteiger charge is -2.27. The van der Waals surface area contributed by atoms with Gasteiger partial charge in [0.15, 0.2) is 0 Å². The van der Waals surface area contributed by atoms with Crippen molar-refractivity contribution in [2.75, 3.05) is 0 Å². The van der Waals surface area contributed by atoms with Gasteiger partial charge in [0.2, 0.25) is 0 Å². The first-order valence-electron chi connectivity index (χ1n) is 9.76. The quantitative estimate of drug-likeness (QED) is 0.422. The lowest BCUT2D eigenvalue weighted by molar-refractivity contribution is 0.0956. The van der Waals surface area contributed by atoms with Crippen LogP contribution in [0.3, 0.4) is 0 Å². The van der Waals surface area contributed by atoms with Gasteiger partial charge in [0, 0.05) is 22.7 Å². The largest absolute Gasteiger partial charge is 0.507 e. The number of aromatic amines is 1. The van der Waals surface area contributed by atoms with Crippen LogP contribution in [0, 0.1) is 0 Å². The smallest absolute Gasteiger partial charge is 0.273 e. The summed E-state index contributed by atoms with van der Waals surface area (Å²) < 4.78 is 0. The van der Waals surface area contributed by atoms with Gasteiger partial charge >= 0.3 is 0 Å². The Morgan fingerprint density at radius 1 is 1.03 bits per heavy atom. The molecule has 152 valence electrons. The summed E-state index contributed by atoms with van der Waals surface area (Å²) in [5.74, 6) is 0.0461. The predicted molar refractivity (Wildman–Crippen MR) is 119 cm³/mol. The molecule has 2 aromatic carbocycles. The third-order valence-electron chi connectivity index (χ3n) is 4.96. The monoisotopic (exact) mass is 391 g/mol. The van der Waals surface area contributed by atoms with E-state index in [0.717, 1.165) is 27.6 Å². The first kappa shape index (κ1) is 20.6. The topological polar surface area (TPSA) is 77.5 Å². The van der Waals surface area contributed by atoms with Gasteiger partial charge in [0.25, 0.3) is 5.91 Å². The van der Waals surface area contributed by atoms with Gasteiger partial charge in [-0.05, 0) is 40.7 Å². The molecule has 1 amide bonds. The molecule has 0 aliphatic rings. The van der Waals surface area contributed by atoms with E-state index in [9.17, 15) is 9.90 Å². The minimum absolute atomic E-state index is 0.222. The number of hydrogen-bond donors (Lipinski definition) is 3. The summed E-state index contributed by atoms with van der Waals surface area (Å²) >= 11 is 0. The minimum Gasteiger partial charge on any atom is -0.507 e. The molecule has 0 fully saturated rings. The first-order chi connectivity index (χ1) is 13.5. The summed E-state index contributed by atoms with van der Waals surface area (Å²) in [6.45, 7) is 12.4. The zero-order valence-corrected chi connectivity index (χ0v) is 17.9. The molecule has 5 nitrogen and oxygen atoms in total. The van der Waals surface area contributed by atoms with E-state index in [1.165, 1.54) is 0 Å². The molecule has 1 heterocycles. The number of aromatic nitrogens is 1. The van der Waals surface area contributed by atoms with E-state index < -0.39 is 0 Å². The number of phenolic OH excluding ortho intramolecular Hbond substituents is 1. The SMILES string of the molecule is CC(C)(C)c1cc(/C=N/NC(=O)c2cccc3cc[nH]c23)cc(C(C)(C)C)c1O. The van der Waals surface area contributed by atoms with Crippen molar-refractivity contribution in [1.29, 1.82) is 0 Å². The van der Waals surface area contributed by atoms with Crippen molar-refractivity contribution in [2.24, 2.45) is 5.10 Å². The van der Waals surface area contributed by atoms with Crippen molar-refractivity contribution < 1.29 is 9.90 Å². The number of amides is 1. The van der Waals surface area contributed by atoms with Gasteiger partial charge < -0.3 is 10.1 Å². The molecule has 0 spiro atoms. The molecular formula is C24H29N3O2. The normalized spacial score (nSPS) is 12.6. The van der Waals surface area contributed by atoms with Gasteiger partial charge in [-0.1, -0.05) is 53.7 Å². The van der Waals surface area contributed by atoms with Crippen LogP contribution in [-0.4, -0.2) is 22.2 Å². The van der Waals surface area contributed by atoms with Crippen LogP contribution in [0.5, 0.6) is 5.75 Å². The fourth-order valence-electron chi connectivity index (χ4n) is 3.37. The van der Waals surface area contributed by atoms with Crippen molar-refractivity contribution in [3.05, 3.63) is 64.8 Å². The van der Waals surface area contributed by atoms with Crippen LogP contribution in [0.2, 0.25) is 0 Å². The number of nitrogens with zero attached hydrogens (tertiary/aromatic N) is 1. The number of aromatic hydroxyl groups is 1. The zero-order valence-electron chi connectivity index (χ0n) is 17.9. The van der Waals surface area contributed by atoms with E-state index in [2.05, 4.69) is 57.1 Å². The third-order valence-corrected chi connectivity index (χ3v) is 4.96. The molecule has 3 N–H and O–H groups in total. The lowest BCUT2D eigenvalue weighted by atomic mass is 9.78. The molecule has 0 bridgehead atoms. The molecule has 0 aliphatic heterocycles. The highest BCUT2D eigenvalue weighted by molar-refractivity contribution is 6.05. The number of hydrazone groups is 1. The van der Waals surface area contributed by atoms with Crippen LogP contribution >= 0.6 is 0 Å². The number of fused-ring (bicyclic) bond motifs is 1. The minimum atomic E-state index is -0.278. The average molecular weight is 392 g/mol. The molecule has 0 atom stereocenters. The molecule has 5 heteroatoms. The summed E-state index contributed by atoms with van der Waals surface area (Å²) in [6.07, 6.45) is 3.43. The van der Waals surface area contributed by atoms with Crippen LogP contribution in [0.4, 0.5) is 0 Å². The van der Waals surface area contributed by atoms with Gasteiger partial charge in [-0.25, -0.2) is 5.43 Å². The van der Waals surface area contributed by atoms with E-state index in [1.54, 1.807) is 12.3 Å². The zero-order chi connectivity index (χ0) is 21.4. The number of hydrogen-bond acceptors (Lipinski definition) is 3. The van der Waals surface area contributed by atoms with Gasteiger partial charge in [-0.3, -0.25) is 4.79 Å². The molecule has 0 radical (unpaired) electrons. The van der Waals surface area contributed by atoms with E-state index in [-0.39, 0.29) is 16.7 Å². The maximum absolute atomic E-state index is 12.6. The predicted octanol–water partition coefficient (Wildman–Crippen LogP) is 5.23. The highest BCUT2D eigenvalue weighted by Crippen LogP contribution is 2.39. The second kappa shape index (κ2) is 7.39. The number of nitrogens with one attached hydrogen (secondary N) is 2. The second-order valence-corrected chi connectivity index (χ2v) is 9.41. The van der Waals surface area contributed by atoms with Crippen LogP contribution in [0.25, 0.3) is 10.9 Å². The Bertz CT molecular complexity index is 1040. The van der Waals surface area contributed by atoms with Gasteiger partial charge in [0.1, 0.15) is 5.75 Å². The first-order valence-corrected chi connectivity index (χ1v) is 9.76. The number of carbonyl (C=O) groups is 1. The Hall–Kier alpha value is -3.08. The molecule has 1 aromatic heterocycles. The van der Waals surface area contributed by atoms with Crippen molar-refractivity contribution in [3.8, 4) is 5.75 Å². The van der Waals surface area contributed by atoms with E-state index in [0.29, 0.717) is 11.3 Å². The number of para-hydroxylation sites is 1. The van der Waals surface area contributed by atoms with Crippen LogP contribution in [0.15, 0.2) is 47.7 Å². The Morgan fingerprint density at radius 2 is 1.66 bits per heavy atom.